The van der Waals surface area contributed by atoms with Gasteiger partial charge in [0.1, 0.15) is 13.2 Å². The average molecular weight is 867 g/mol. The Labute approximate surface area is 372 Å². The van der Waals surface area contributed by atoms with E-state index in [0.29, 0.717) is 17.4 Å². The topological polar surface area (TPSA) is 108 Å². The summed E-state index contributed by atoms with van der Waals surface area (Å²) in [4.78, 5) is 25.2. The number of amides is 1. The van der Waals surface area contributed by atoms with Gasteiger partial charge in [-0.2, -0.15) is 0 Å². The number of nitrogens with one attached hydrogen (secondary N) is 1. The van der Waals surface area contributed by atoms with Crippen molar-refractivity contribution >= 4 is 13.7 Å². The number of likely N-dealkylation sites (N-methyl/N-ethyl adjacent to an activating group) is 1. The van der Waals surface area contributed by atoms with Gasteiger partial charge in [0.2, 0.25) is 5.91 Å². The number of hydrogen-bond donors (Lipinski definition) is 2. The maximum absolute atomic E-state index is 12.8. The molecule has 0 radical (unpaired) electrons. The smallest absolute Gasteiger partial charge is 0.268 e. The Balaban J connectivity index is 3.89. The Morgan fingerprint density at radius 2 is 0.967 bits per heavy atom. The number of quaternary nitrogens is 1. The van der Waals surface area contributed by atoms with Crippen molar-refractivity contribution in [2.45, 2.75) is 244 Å². The molecule has 2 N–H and O–H groups in total. The zero-order valence-corrected chi connectivity index (χ0v) is 41.1. The van der Waals surface area contributed by atoms with Gasteiger partial charge in [-0.3, -0.25) is 9.36 Å². The number of phosphoric ester groups is 1. The average Bonchev–Trinajstić information content (AvgIpc) is 3.20. The first-order valence-corrected chi connectivity index (χ1v) is 26.8. The van der Waals surface area contributed by atoms with E-state index in [9.17, 15) is 19.4 Å². The second kappa shape index (κ2) is 43.0. The van der Waals surface area contributed by atoms with Crippen LogP contribution in [0, 0.1) is 0 Å². The van der Waals surface area contributed by atoms with Gasteiger partial charge < -0.3 is 28.8 Å². The van der Waals surface area contributed by atoms with Crippen LogP contribution in [0.4, 0.5) is 0 Å². The van der Waals surface area contributed by atoms with Crippen LogP contribution in [-0.2, 0) is 18.4 Å². The Hall–Kier alpha value is -1.28. The molecule has 60 heavy (non-hydrogen) atoms. The largest absolute Gasteiger partial charge is 0.756 e. The Kier molecular flexibility index (Phi) is 42.1. The normalized spacial score (nSPS) is 14.4. The predicted octanol–water partition coefficient (Wildman–Crippen LogP) is 14.0. The molecule has 8 nitrogen and oxygen atoms in total. The molecule has 0 spiro atoms. The zero-order valence-electron chi connectivity index (χ0n) is 40.2. The number of hydrogen-bond acceptors (Lipinski definition) is 6. The van der Waals surface area contributed by atoms with Crippen LogP contribution in [0.1, 0.15) is 232 Å². The van der Waals surface area contributed by atoms with E-state index in [1.165, 1.54) is 167 Å². The van der Waals surface area contributed by atoms with Crippen LogP contribution < -0.4 is 10.2 Å². The minimum Gasteiger partial charge on any atom is -0.756 e. The van der Waals surface area contributed by atoms with Crippen LogP contribution in [-0.4, -0.2) is 68.5 Å². The molecular weight excluding hydrogens is 768 g/mol. The molecule has 0 aliphatic rings. The third-order valence-corrected chi connectivity index (χ3v) is 12.3. The number of aliphatic hydroxyl groups is 1. The van der Waals surface area contributed by atoms with Crippen molar-refractivity contribution in [1.29, 1.82) is 0 Å². The summed E-state index contributed by atoms with van der Waals surface area (Å²) in [5, 5.41) is 13.6. The van der Waals surface area contributed by atoms with Crippen molar-refractivity contribution in [3.05, 3.63) is 36.5 Å². The van der Waals surface area contributed by atoms with Gasteiger partial charge in [-0.1, -0.05) is 211 Å². The predicted molar refractivity (Wildman–Crippen MR) is 256 cm³/mol. The van der Waals surface area contributed by atoms with E-state index in [4.69, 9.17) is 9.05 Å². The van der Waals surface area contributed by atoms with E-state index in [2.05, 4.69) is 43.5 Å². The molecule has 3 unspecified atom stereocenters. The number of allylic oxidation sites excluding steroid dienone is 5. The Morgan fingerprint density at radius 3 is 1.42 bits per heavy atom. The molecule has 0 fully saturated rings. The SMILES string of the molecule is CCC/C=C/CC/C=C/C(O)C(COP(=O)([O-])OCC[N+](C)(C)C)NC(=O)CCCCCCCCCCCCCCCCCCCCC/C=C\CCCCCCCCCC. The number of phosphoric acid groups is 1. The van der Waals surface area contributed by atoms with E-state index in [0.717, 1.165) is 44.9 Å². The summed E-state index contributed by atoms with van der Waals surface area (Å²) in [5.74, 6) is -0.210. The molecule has 354 valence electrons. The first kappa shape index (κ1) is 58.7. The highest BCUT2D eigenvalue weighted by Gasteiger charge is 2.23. The van der Waals surface area contributed by atoms with Crippen molar-refractivity contribution < 1.29 is 32.9 Å². The molecule has 0 aromatic rings. The fourth-order valence-electron chi connectivity index (χ4n) is 7.29. The van der Waals surface area contributed by atoms with Crippen LogP contribution in [0.5, 0.6) is 0 Å². The lowest BCUT2D eigenvalue weighted by atomic mass is 10.0. The minimum atomic E-state index is -4.58. The monoisotopic (exact) mass is 867 g/mol. The first-order chi connectivity index (χ1) is 29.0. The van der Waals surface area contributed by atoms with Gasteiger partial charge in [0.15, 0.2) is 0 Å². The summed E-state index contributed by atoms with van der Waals surface area (Å²) in [6.45, 7) is 4.52. The van der Waals surface area contributed by atoms with E-state index < -0.39 is 26.6 Å². The number of carbonyl (C=O) groups excluding carboxylic acids is 1. The van der Waals surface area contributed by atoms with Gasteiger partial charge in [0, 0.05) is 6.42 Å². The highest BCUT2D eigenvalue weighted by atomic mass is 31.2. The minimum absolute atomic E-state index is 0.00603. The fourth-order valence-corrected chi connectivity index (χ4v) is 8.01. The second-order valence-corrected chi connectivity index (χ2v) is 19.9. The highest BCUT2D eigenvalue weighted by molar-refractivity contribution is 7.45. The van der Waals surface area contributed by atoms with Crippen molar-refractivity contribution in [3.8, 4) is 0 Å². The quantitative estimate of drug-likeness (QED) is 0.0273. The van der Waals surface area contributed by atoms with E-state index >= 15 is 0 Å². The lowest BCUT2D eigenvalue weighted by Crippen LogP contribution is -2.45. The molecule has 3 atom stereocenters. The van der Waals surface area contributed by atoms with Gasteiger partial charge in [-0.25, -0.2) is 0 Å². The number of unbranched alkanes of at least 4 members (excludes halogenated alkanes) is 29. The van der Waals surface area contributed by atoms with Crippen molar-refractivity contribution in [2.24, 2.45) is 0 Å². The molecule has 0 aromatic heterocycles. The lowest BCUT2D eigenvalue weighted by molar-refractivity contribution is -0.870. The first-order valence-electron chi connectivity index (χ1n) is 25.4. The highest BCUT2D eigenvalue weighted by Crippen LogP contribution is 2.38. The molecule has 0 aliphatic carbocycles. The molecule has 0 bridgehead atoms. The van der Waals surface area contributed by atoms with Crippen molar-refractivity contribution in [3.63, 3.8) is 0 Å². The van der Waals surface area contributed by atoms with Gasteiger partial charge in [0.05, 0.1) is 39.9 Å². The molecule has 0 rings (SSSR count). The van der Waals surface area contributed by atoms with Crippen molar-refractivity contribution in [1.82, 2.24) is 5.32 Å². The Bertz CT molecular complexity index is 1070. The molecule has 0 aromatic carbocycles. The van der Waals surface area contributed by atoms with Gasteiger partial charge in [-0.05, 0) is 51.4 Å². The van der Waals surface area contributed by atoms with Crippen LogP contribution in [0.25, 0.3) is 0 Å². The van der Waals surface area contributed by atoms with Crippen LogP contribution in [0.3, 0.4) is 0 Å². The summed E-state index contributed by atoms with van der Waals surface area (Å²) in [6, 6.07) is -0.898. The molecule has 0 aliphatic heterocycles. The summed E-state index contributed by atoms with van der Waals surface area (Å²) in [5.41, 5.74) is 0. The summed E-state index contributed by atoms with van der Waals surface area (Å²) < 4.78 is 23.1. The number of nitrogens with zero attached hydrogens (tertiary/aromatic N) is 1. The zero-order chi connectivity index (χ0) is 44.3. The molecule has 0 saturated carbocycles. The number of rotatable bonds is 46. The standard InChI is InChI=1S/C51H99N2O6P/c1-6-8-10-12-14-15-16-17-18-19-20-21-22-23-24-25-26-27-28-29-30-31-32-33-34-35-36-37-39-41-43-45-51(55)52-49(50(54)44-42-40-38-13-11-9-7-2)48-59-60(56,57)58-47-46-53(3,4)5/h11,13,19-20,42,44,49-50,54H,6-10,12,14-18,21-41,43,45-48H2,1-5H3,(H-,52,55,56,57)/b13-11+,20-19-,44-42+. The second-order valence-electron chi connectivity index (χ2n) is 18.5. The summed E-state index contributed by atoms with van der Waals surface area (Å²) in [6.07, 6.45) is 54.1. The Morgan fingerprint density at radius 1 is 0.567 bits per heavy atom. The molecule has 0 saturated heterocycles. The third-order valence-electron chi connectivity index (χ3n) is 11.3. The third kappa shape index (κ3) is 44.8. The molecular formula is C51H99N2O6P. The number of carbonyl (C=O) groups is 1. The van der Waals surface area contributed by atoms with Gasteiger partial charge in [0.25, 0.3) is 7.82 Å². The summed E-state index contributed by atoms with van der Waals surface area (Å²) in [7, 11) is 1.24. The van der Waals surface area contributed by atoms with Crippen LogP contribution >= 0.6 is 7.82 Å². The number of aliphatic hydroxyl groups excluding tert-OH is 1. The van der Waals surface area contributed by atoms with Gasteiger partial charge >= 0.3 is 0 Å². The van der Waals surface area contributed by atoms with E-state index in [-0.39, 0.29) is 12.5 Å². The van der Waals surface area contributed by atoms with Crippen LogP contribution in [0.2, 0.25) is 0 Å². The maximum atomic E-state index is 12.8. The van der Waals surface area contributed by atoms with E-state index in [1.54, 1.807) is 6.08 Å². The van der Waals surface area contributed by atoms with E-state index in [1.807, 2.05) is 27.2 Å². The molecule has 1 amide bonds. The molecule has 0 heterocycles. The maximum Gasteiger partial charge on any atom is 0.268 e. The lowest BCUT2D eigenvalue weighted by Gasteiger charge is -2.29. The van der Waals surface area contributed by atoms with Gasteiger partial charge in [-0.15, -0.1) is 0 Å². The fraction of sp³-hybridized carbons (Fsp3) is 0.863. The molecule has 9 heteroatoms. The van der Waals surface area contributed by atoms with Crippen molar-refractivity contribution in [2.75, 3.05) is 40.9 Å². The van der Waals surface area contributed by atoms with Crippen LogP contribution in [0.15, 0.2) is 36.5 Å². The summed E-state index contributed by atoms with van der Waals surface area (Å²) >= 11 is 0.